The maximum absolute atomic E-state index is 12.1. The lowest BCUT2D eigenvalue weighted by atomic mass is 9.75. The number of piperidine rings is 1. The molecule has 1 aliphatic heterocycles. The van der Waals surface area contributed by atoms with E-state index in [1.807, 2.05) is 30.3 Å². The molecule has 4 heteroatoms. The Bertz CT molecular complexity index is 525. The van der Waals surface area contributed by atoms with Gasteiger partial charge in [-0.2, -0.15) is 0 Å². The van der Waals surface area contributed by atoms with Crippen molar-refractivity contribution in [1.29, 1.82) is 0 Å². The number of likely N-dealkylation sites (tertiary alicyclic amines) is 1. The molecule has 1 aromatic rings. The number of rotatable bonds is 3. The zero-order valence-electron chi connectivity index (χ0n) is 15.1. The van der Waals surface area contributed by atoms with Crippen LogP contribution in [0, 0.1) is 5.41 Å². The van der Waals surface area contributed by atoms with E-state index in [1.54, 1.807) is 0 Å². The minimum atomic E-state index is -0.0842. The summed E-state index contributed by atoms with van der Waals surface area (Å²) in [5.41, 5.74) is 1.38. The number of nitrogens with zero attached hydrogens (tertiary/aromatic N) is 1. The second-order valence-electron chi connectivity index (χ2n) is 8.17. The molecule has 1 aliphatic carbocycles. The highest BCUT2D eigenvalue weighted by Crippen LogP contribution is 2.37. The number of nitrogens with one attached hydrogen (secondary N) is 2. The van der Waals surface area contributed by atoms with Crippen LogP contribution in [-0.4, -0.2) is 36.1 Å². The summed E-state index contributed by atoms with van der Waals surface area (Å²) in [4.78, 5) is 14.8. The largest absolute Gasteiger partial charge is 0.335 e. The van der Waals surface area contributed by atoms with Crippen LogP contribution in [0.4, 0.5) is 10.5 Å². The molecule has 0 unspecified atom stereocenters. The van der Waals surface area contributed by atoms with Gasteiger partial charge < -0.3 is 15.5 Å². The first-order valence-electron chi connectivity index (χ1n) is 9.38. The third kappa shape index (κ3) is 4.73. The van der Waals surface area contributed by atoms with Crippen LogP contribution in [0.15, 0.2) is 30.3 Å². The summed E-state index contributed by atoms with van der Waals surface area (Å²) < 4.78 is 0. The van der Waals surface area contributed by atoms with Gasteiger partial charge in [-0.3, -0.25) is 0 Å². The Kier molecular flexibility index (Phi) is 5.44. The topological polar surface area (TPSA) is 44.4 Å². The third-order valence-corrected chi connectivity index (χ3v) is 5.72. The molecule has 132 valence electrons. The molecule has 0 spiro atoms. The Hall–Kier alpha value is -1.55. The van der Waals surface area contributed by atoms with E-state index in [0.717, 1.165) is 37.7 Å². The normalized spacial score (nSPS) is 22.9. The summed E-state index contributed by atoms with van der Waals surface area (Å²) in [6.45, 7) is 7.01. The fourth-order valence-electron chi connectivity index (χ4n) is 4.03. The first kappa shape index (κ1) is 17.3. The SMILES string of the molecule is CC1(C)CCC(N2CCC(NC(=O)Nc3ccccc3)CC2)CC1. The standard InChI is InChI=1S/C20H31N3O/c1-20(2)12-8-18(9-13-20)23-14-10-17(11-15-23)22-19(24)21-16-6-4-3-5-7-16/h3-7,17-18H,8-15H2,1-2H3,(H2,21,22,24). The number of urea groups is 1. The van der Waals surface area contributed by atoms with Gasteiger partial charge in [-0.25, -0.2) is 4.79 Å². The fraction of sp³-hybridized carbons (Fsp3) is 0.650. The van der Waals surface area contributed by atoms with Crippen LogP contribution in [0.5, 0.6) is 0 Å². The van der Waals surface area contributed by atoms with Crippen LogP contribution in [0.1, 0.15) is 52.4 Å². The van der Waals surface area contributed by atoms with Crippen molar-refractivity contribution in [2.45, 2.75) is 64.5 Å². The van der Waals surface area contributed by atoms with Crippen molar-refractivity contribution in [3.63, 3.8) is 0 Å². The van der Waals surface area contributed by atoms with Gasteiger partial charge in [0.05, 0.1) is 0 Å². The van der Waals surface area contributed by atoms with Gasteiger partial charge >= 0.3 is 6.03 Å². The molecule has 1 heterocycles. The molecule has 2 aliphatic rings. The first-order chi connectivity index (χ1) is 11.5. The number of carbonyl (C=O) groups excluding carboxylic acids is 1. The molecule has 4 nitrogen and oxygen atoms in total. The molecule has 0 bridgehead atoms. The van der Waals surface area contributed by atoms with E-state index in [2.05, 4.69) is 29.4 Å². The van der Waals surface area contributed by atoms with Crippen molar-refractivity contribution in [2.24, 2.45) is 5.41 Å². The Labute approximate surface area is 146 Å². The van der Waals surface area contributed by atoms with Gasteiger partial charge in [0, 0.05) is 30.9 Å². The fourth-order valence-corrected chi connectivity index (χ4v) is 4.03. The van der Waals surface area contributed by atoms with Crippen molar-refractivity contribution in [3.05, 3.63) is 30.3 Å². The summed E-state index contributed by atoms with van der Waals surface area (Å²) in [5, 5.41) is 6.04. The van der Waals surface area contributed by atoms with Crippen molar-refractivity contribution in [3.8, 4) is 0 Å². The van der Waals surface area contributed by atoms with Crippen molar-refractivity contribution >= 4 is 11.7 Å². The molecule has 24 heavy (non-hydrogen) atoms. The zero-order chi connectivity index (χ0) is 17.0. The Balaban J connectivity index is 1.40. The zero-order valence-corrected chi connectivity index (χ0v) is 15.1. The summed E-state index contributed by atoms with van der Waals surface area (Å²) >= 11 is 0. The van der Waals surface area contributed by atoms with Gasteiger partial charge in [-0.15, -0.1) is 0 Å². The molecule has 0 radical (unpaired) electrons. The van der Waals surface area contributed by atoms with Crippen molar-refractivity contribution in [2.75, 3.05) is 18.4 Å². The van der Waals surface area contributed by atoms with Crippen LogP contribution in [0.25, 0.3) is 0 Å². The van der Waals surface area contributed by atoms with Crippen LogP contribution in [0.2, 0.25) is 0 Å². The lowest BCUT2D eigenvalue weighted by molar-refractivity contribution is 0.0831. The lowest BCUT2D eigenvalue weighted by Crippen LogP contribution is -2.49. The minimum absolute atomic E-state index is 0.0842. The smallest absolute Gasteiger partial charge is 0.319 e. The molecule has 0 aromatic heterocycles. The number of hydrogen-bond donors (Lipinski definition) is 2. The number of carbonyl (C=O) groups is 1. The summed E-state index contributed by atoms with van der Waals surface area (Å²) in [6.07, 6.45) is 7.47. The maximum atomic E-state index is 12.1. The Morgan fingerprint density at radius 1 is 1.04 bits per heavy atom. The highest BCUT2D eigenvalue weighted by Gasteiger charge is 2.32. The number of anilines is 1. The highest BCUT2D eigenvalue weighted by atomic mass is 16.2. The van der Waals surface area contributed by atoms with E-state index in [-0.39, 0.29) is 6.03 Å². The van der Waals surface area contributed by atoms with E-state index >= 15 is 0 Å². The second kappa shape index (κ2) is 7.56. The molecule has 2 fully saturated rings. The van der Waals surface area contributed by atoms with E-state index in [1.165, 1.54) is 25.7 Å². The van der Waals surface area contributed by atoms with Crippen LogP contribution >= 0.6 is 0 Å². The van der Waals surface area contributed by atoms with Gasteiger partial charge in [0.1, 0.15) is 0 Å². The van der Waals surface area contributed by atoms with Crippen molar-refractivity contribution < 1.29 is 4.79 Å². The summed E-state index contributed by atoms with van der Waals surface area (Å²) in [7, 11) is 0. The Morgan fingerprint density at radius 2 is 1.67 bits per heavy atom. The van der Waals surface area contributed by atoms with E-state index in [0.29, 0.717) is 11.5 Å². The maximum Gasteiger partial charge on any atom is 0.319 e. The molecule has 2 amide bonds. The average molecular weight is 329 g/mol. The van der Waals surface area contributed by atoms with Gasteiger partial charge in [0.15, 0.2) is 0 Å². The molecule has 3 rings (SSSR count). The molecule has 1 saturated carbocycles. The summed E-state index contributed by atoms with van der Waals surface area (Å²) in [5.74, 6) is 0. The quantitative estimate of drug-likeness (QED) is 0.871. The van der Waals surface area contributed by atoms with E-state index in [4.69, 9.17) is 0 Å². The molecule has 2 N–H and O–H groups in total. The number of hydrogen-bond acceptors (Lipinski definition) is 2. The van der Waals surface area contributed by atoms with Crippen LogP contribution < -0.4 is 10.6 Å². The van der Waals surface area contributed by atoms with Gasteiger partial charge in [0.25, 0.3) is 0 Å². The van der Waals surface area contributed by atoms with Crippen molar-refractivity contribution in [1.82, 2.24) is 10.2 Å². The first-order valence-corrected chi connectivity index (χ1v) is 9.38. The van der Waals surface area contributed by atoms with Crippen LogP contribution in [0.3, 0.4) is 0 Å². The predicted octanol–water partition coefficient (Wildman–Crippen LogP) is 4.24. The highest BCUT2D eigenvalue weighted by molar-refractivity contribution is 5.89. The third-order valence-electron chi connectivity index (χ3n) is 5.72. The number of benzene rings is 1. The number of para-hydroxylation sites is 1. The number of amides is 2. The minimum Gasteiger partial charge on any atom is -0.335 e. The van der Waals surface area contributed by atoms with Gasteiger partial charge in [-0.05, 0) is 56.1 Å². The average Bonchev–Trinajstić information content (AvgIpc) is 2.56. The van der Waals surface area contributed by atoms with E-state index < -0.39 is 0 Å². The molecular weight excluding hydrogens is 298 g/mol. The lowest BCUT2D eigenvalue weighted by Gasteiger charge is -2.43. The van der Waals surface area contributed by atoms with Gasteiger partial charge in [-0.1, -0.05) is 32.0 Å². The molecule has 0 atom stereocenters. The monoisotopic (exact) mass is 329 g/mol. The summed E-state index contributed by atoms with van der Waals surface area (Å²) in [6, 6.07) is 10.6. The molecule has 1 aromatic carbocycles. The van der Waals surface area contributed by atoms with Gasteiger partial charge in [0.2, 0.25) is 0 Å². The van der Waals surface area contributed by atoms with E-state index in [9.17, 15) is 4.79 Å². The Morgan fingerprint density at radius 3 is 2.29 bits per heavy atom. The molecular formula is C20H31N3O. The van der Waals surface area contributed by atoms with Crippen LogP contribution in [-0.2, 0) is 0 Å². The molecule has 1 saturated heterocycles. The predicted molar refractivity (Wildman–Crippen MR) is 99.2 cm³/mol. The second-order valence-corrected chi connectivity index (χ2v) is 8.17.